The van der Waals surface area contributed by atoms with Crippen molar-refractivity contribution in [3.8, 4) is 0 Å². The zero-order valence-electron chi connectivity index (χ0n) is 19.0. The number of nitrogens with zero attached hydrogens (tertiary/aromatic N) is 5. The van der Waals surface area contributed by atoms with E-state index < -0.39 is 0 Å². The molecule has 3 rings (SSSR count). The van der Waals surface area contributed by atoms with Gasteiger partial charge in [-0.25, -0.2) is 4.99 Å². The van der Waals surface area contributed by atoms with E-state index in [1.54, 1.807) is 0 Å². The molecule has 0 aliphatic rings. The number of aromatic nitrogens is 3. The van der Waals surface area contributed by atoms with Gasteiger partial charge in [-0.1, -0.05) is 42.5 Å². The van der Waals surface area contributed by atoms with Crippen molar-refractivity contribution in [3.05, 3.63) is 77.4 Å². The average molecular weight is 420 g/mol. The Bertz CT molecular complexity index is 979. The van der Waals surface area contributed by atoms with Crippen LogP contribution in [-0.2, 0) is 20.1 Å². The first-order valence-electron chi connectivity index (χ1n) is 10.7. The molecule has 0 saturated heterocycles. The second kappa shape index (κ2) is 11.2. The zero-order valence-corrected chi connectivity index (χ0v) is 19.0. The molecule has 2 aromatic carbocycles. The van der Waals surface area contributed by atoms with Crippen molar-refractivity contribution in [1.29, 1.82) is 0 Å². The van der Waals surface area contributed by atoms with Crippen LogP contribution in [0.3, 0.4) is 0 Å². The molecule has 7 nitrogen and oxygen atoms in total. The number of aryl methyl sites for hydroxylation is 2. The van der Waals surface area contributed by atoms with E-state index in [9.17, 15) is 0 Å². The van der Waals surface area contributed by atoms with E-state index in [0.29, 0.717) is 13.1 Å². The van der Waals surface area contributed by atoms with Gasteiger partial charge in [-0.05, 0) is 43.5 Å². The van der Waals surface area contributed by atoms with Gasteiger partial charge in [0, 0.05) is 32.9 Å². The summed E-state index contributed by atoms with van der Waals surface area (Å²) in [6, 6.07) is 18.8. The van der Waals surface area contributed by atoms with Crippen LogP contribution in [0.15, 0.2) is 59.6 Å². The number of nitrogens with one attached hydrogen (secondary N) is 2. The van der Waals surface area contributed by atoms with Crippen LogP contribution >= 0.6 is 0 Å². The molecule has 0 saturated carbocycles. The molecule has 0 spiro atoms. The van der Waals surface area contributed by atoms with Gasteiger partial charge in [0.1, 0.15) is 5.82 Å². The topological polar surface area (TPSA) is 70.4 Å². The smallest absolute Gasteiger partial charge is 0.191 e. The SMILES string of the molecule is Cc1ccccc1CN=C(NCCCN(C)c1ccccc1)NCc1nnc(C)n1C. The largest absolute Gasteiger partial charge is 0.375 e. The summed E-state index contributed by atoms with van der Waals surface area (Å²) in [5, 5.41) is 15.2. The van der Waals surface area contributed by atoms with E-state index in [4.69, 9.17) is 4.99 Å². The maximum Gasteiger partial charge on any atom is 0.191 e. The second-order valence-electron chi connectivity index (χ2n) is 7.70. The summed E-state index contributed by atoms with van der Waals surface area (Å²) in [5.74, 6) is 2.56. The summed E-state index contributed by atoms with van der Waals surface area (Å²) in [6.07, 6.45) is 1.000. The van der Waals surface area contributed by atoms with Crippen LogP contribution < -0.4 is 15.5 Å². The summed E-state index contributed by atoms with van der Waals surface area (Å²) >= 11 is 0. The van der Waals surface area contributed by atoms with Crippen LogP contribution in [0.4, 0.5) is 5.69 Å². The minimum Gasteiger partial charge on any atom is -0.375 e. The minimum atomic E-state index is 0.570. The van der Waals surface area contributed by atoms with E-state index in [0.717, 1.165) is 37.1 Å². The standard InChI is InChI=1S/C24H33N7/c1-19-11-8-9-12-21(19)17-26-24(27-18-23-29-28-20(2)31(23)4)25-15-10-16-30(3)22-13-6-5-7-14-22/h5-9,11-14H,10,15-18H2,1-4H3,(H2,25,26,27). The molecule has 31 heavy (non-hydrogen) atoms. The Morgan fingerprint density at radius 2 is 1.74 bits per heavy atom. The molecule has 0 aliphatic heterocycles. The normalized spacial score (nSPS) is 11.4. The van der Waals surface area contributed by atoms with E-state index in [2.05, 4.69) is 88.2 Å². The van der Waals surface area contributed by atoms with E-state index in [1.165, 1.54) is 16.8 Å². The lowest BCUT2D eigenvalue weighted by Crippen LogP contribution is -2.39. The van der Waals surface area contributed by atoms with Gasteiger partial charge in [0.25, 0.3) is 0 Å². The molecule has 1 aromatic heterocycles. The second-order valence-corrected chi connectivity index (χ2v) is 7.70. The number of benzene rings is 2. The van der Waals surface area contributed by atoms with Crippen molar-refractivity contribution in [2.45, 2.75) is 33.4 Å². The van der Waals surface area contributed by atoms with Gasteiger partial charge >= 0.3 is 0 Å². The predicted octanol–water partition coefficient (Wildman–Crippen LogP) is 3.19. The summed E-state index contributed by atoms with van der Waals surface area (Å²) in [6.45, 7) is 7.06. The van der Waals surface area contributed by atoms with Gasteiger partial charge in [0.15, 0.2) is 11.8 Å². The van der Waals surface area contributed by atoms with Crippen molar-refractivity contribution in [2.75, 3.05) is 25.0 Å². The highest BCUT2D eigenvalue weighted by Crippen LogP contribution is 2.11. The fourth-order valence-electron chi connectivity index (χ4n) is 3.23. The number of rotatable bonds is 9. The van der Waals surface area contributed by atoms with Crippen LogP contribution in [0.2, 0.25) is 0 Å². The van der Waals surface area contributed by atoms with Crippen LogP contribution in [0.5, 0.6) is 0 Å². The Balaban J connectivity index is 1.57. The predicted molar refractivity (Wildman–Crippen MR) is 127 cm³/mol. The number of hydrogen-bond acceptors (Lipinski definition) is 4. The first-order chi connectivity index (χ1) is 15.0. The molecule has 2 N–H and O–H groups in total. The quantitative estimate of drug-likeness (QED) is 0.317. The Morgan fingerprint density at radius 1 is 1.00 bits per heavy atom. The molecule has 0 fully saturated rings. The van der Waals surface area contributed by atoms with Crippen molar-refractivity contribution >= 4 is 11.6 Å². The first kappa shape index (κ1) is 22.3. The lowest BCUT2D eigenvalue weighted by Gasteiger charge is -2.19. The van der Waals surface area contributed by atoms with E-state index in [1.807, 2.05) is 24.6 Å². The van der Waals surface area contributed by atoms with Gasteiger partial charge in [0.2, 0.25) is 0 Å². The highest BCUT2D eigenvalue weighted by molar-refractivity contribution is 5.79. The fourth-order valence-corrected chi connectivity index (χ4v) is 3.23. The lowest BCUT2D eigenvalue weighted by atomic mass is 10.1. The average Bonchev–Trinajstić information content (AvgIpc) is 3.11. The molecular weight excluding hydrogens is 386 g/mol. The number of para-hydroxylation sites is 1. The van der Waals surface area contributed by atoms with Gasteiger partial charge in [-0.2, -0.15) is 0 Å². The molecule has 0 aliphatic carbocycles. The van der Waals surface area contributed by atoms with Crippen molar-refractivity contribution in [1.82, 2.24) is 25.4 Å². The van der Waals surface area contributed by atoms with Crippen molar-refractivity contribution < 1.29 is 0 Å². The van der Waals surface area contributed by atoms with Gasteiger partial charge in [-0.15, -0.1) is 10.2 Å². The molecule has 3 aromatic rings. The Hall–Kier alpha value is -3.35. The third kappa shape index (κ3) is 6.57. The van der Waals surface area contributed by atoms with Gasteiger partial charge in [-0.3, -0.25) is 0 Å². The van der Waals surface area contributed by atoms with Gasteiger partial charge in [0.05, 0.1) is 13.1 Å². The molecule has 0 amide bonds. The highest BCUT2D eigenvalue weighted by Gasteiger charge is 2.07. The minimum absolute atomic E-state index is 0.570. The van der Waals surface area contributed by atoms with Crippen LogP contribution in [-0.4, -0.2) is 40.9 Å². The lowest BCUT2D eigenvalue weighted by molar-refractivity contribution is 0.697. The fraction of sp³-hybridized carbons (Fsp3) is 0.375. The molecule has 1 heterocycles. The number of guanidine groups is 1. The third-order valence-electron chi connectivity index (χ3n) is 5.43. The van der Waals surface area contributed by atoms with Crippen LogP contribution in [0, 0.1) is 13.8 Å². The van der Waals surface area contributed by atoms with Crippen molar-refractivity contribution in [3.63, 3.8) is 0 Å². The molecule has 0 atom stereocenters. The third-order valence-corrected chi connectivity index (χ3v) is 5.43. The van der Waals surface area contributed by atoms with E-state index in [-0.39, 0.29) is 0 Å². The Kier molecular flexibility index (Phi) is 8.04. The molecular formula is C24H33N7. The zero-order chi connectivity index (χ0) is 22.1. The molecule has 0 bridgehead atoms. The van der Waals surface area contributed by atoms with Crippen LogP contribution in [0.1, 0.15) is 29.2 Å². The monoisotopic (exact) mass is 419 g/mol. The Morgan fingerprint density at radius 3 is 2.45 bits per heavy atom. The Labute approximate surface area is 185 Å². The first-order valence-corrected chi connectivity index (χ1v) is 10.7. The number of hydrogen-bond donors (Lipinski definition) is 2. The molecule has 7 heteroatoms. The number of anilines is 1. The van der Waals surface area contributed by atoms with Crippen LogP contribution in [0.25, 0.3) is 0 Å². The molecule has 164 valence electrons. The maximum absolute atomic E-state index is 4.80. The highest BCUT2D eigenvalue weighted by atomic mass is 15.3. The number of aliphatic imine (C=N–C) groups is 1. The molecule has 0 unspecified atom stereocenters. The summed E-state index contributed by atoms with van der Waals surface area (Å²) in [7, 11) is 4.10. The summed E-state index contributed by atoms with van der Waals surface area (Å²) in [5.41, 5.74) is 3.70. The van der Waals surface area contributed by atoms with Crippen molar-refractivity contribution in [2.24, 2.45) is 12.0 Å². The molecule has 0 radical (unpaired) electrons. The maximum atomic E-state index is 4.80. The summed E-state index contributed by atoms with van der Waals surface area (Å²) in [4.78, 5) is 7.07. The summed E-state index contributed by atoms with van der Waals surface area (Å²) < 4.78 is 1.99. The van der Waals surface area contributed by atoms with E-state index >= 15 is 0 Å². The van der Waals surface area contributed by atoms with Gasteiger partial charge < -0.3 is 20.1 Å².